The molecule has 8 heteroatoms. The van der Waals surface area contributed by atoms with Crippen LogP contribution in [0.3, 0.4) is 0 Å². The number of nitrogens with one attached hydrogen (secondary N) is 1. The molecule has 0 spiro atoms. The Morgan fingerprint density at radius 1 is 1.25 bits per heavy atom. The Hall–Kier alpha value is 0.150. The van der Waals surface area contributed by atoms with Gasteiger partial charge in [-0.3, -0.25) is 0 Å². The van der Waals surface area contributed by atoms with Gasteiger partial charge >= 0.3 is 0 Å². The Morgan fingerprint density at radius 3 is 2.40 bits per heavy atom. The van der Waals surface area contributed by atoms with Crippen molar-refractivity contribution in [3.8, 4) is 0 Å². The van der Waals surface area contributed by atoms with E-state index in [1.807, 2.05) is 0 Å². The molecule has 0 aromatic heterocycles. The van der Waals surface area contributed by atoms with E-state index in [0.29, 0.717) is 23.7 Å². The maximum Gasteiger partial charge on any atom is 0.243 e. The summed E-state index contributed by atoms with van der Waals surface area (Å²) in [4.78, 5) is -0.121. The molecule has 0 bridgehead atoms. The molecule has 0 heterocycles. The number of benzene rings is 1. The fourth-order valence-corrected chi connectivity index (χ4v) is 5.56. The molecule has 0 saturated heterocycles. The van der Waals surface area contributed by atoms with E-state index in [9.17, 15) is 13.5 Å². The highest BCUT2D eigenvalue weighted by atomic mass is 79.9. The first-order valence-electron chi connectivity index (χ1n) is 6.14. The summed E-state index contributed by atoms with van der Waals surface area (Å²) in [6.07, 6.45) is 2.13. The summed E-state index contributed by atoms with van der Waals surface area (Å²) in [6, 6.07) is 2.68. The van der Waals surface area contributed by atoms with Crippen molar-refractivity contribution < 1.29 is 13.5 Å². The molecule has 2 atom stereocenters. The van der Waals surface area contributed by atoms with Crippen LogP contribution in [0.4, 0.5) is 0 Å². The van der Waals surface area contributed by atoms with Gasteiger partial charge in [0.15, 0.2) is 0 Å². The summed E-state index contributed by atoms with van der Waals surface area (Å²) in [5, 5.41) is 9.73. The van der Waals surface area contributed by atoms with Crippen LogP contribution in [0.1, 0.15) is 25.7 Å². The molecule has 2 unspecified atom stereocenters. The Labute approximate surface area is 136 Å². The van der Waals surface area contributed by atoms with E-state index in [1.54, 1.807) is 0 Å². The Balaban J connectivity index is 2.27. The molecule has 0 amide bonds. The number of halogens is 3. The van der Waals surface area contributed by atoms with Crippen molar-refractivity contribution in [2.24, 2.45) is 0 Å². The molecule has 0 radical (unpaired) electrons. The van der Waals surface area contributed by atoms with Crippen LogP contribution < -0.4 is 4.72 Å². The van der Waals surface area contributed by atoms with Crippen LogP contribution in [-0.2, 0) is 10.0 Å². The van der Waals surface area contributed by atoms with Crippen LogP contribution in [0.15, 0.2) is 21.5 Å². The van der Waals surface area contributed by atoms with Crippen molar-refractivity contribution in [2.75, 3.05) is 0 Å². The van der Waals surface area contributed by atoms with Gasteiger partial charge in [0.05, 0.1) is 16.1 Å². The van der Waals surface area contributed by atoms with Gasteiger partial charge in [-0.15, -0.1) is 0 Å². The minimum Gasteiger partial charge on any atom is -0.393 e. The number of aliphatic hydroxyl groups is 1. The summed E-state index contributed by atoms with van der Waals surface area (Å²) in [5.41, 5.74) is 0. The predicted molar refractivity (Wildman–Crippen MR) is 82.7 cm³/mol. The van der Waals surface area contributed by atoms with E-state index >= 15 is 0 Å². The molecule has 20 heavy (non-hydrogen) atoms. The van der Waals surface area contributed by atoms with Gasteiger partial charge < -0.3 is 5.11 Å². The highest BCUT2D eigenvalue weighted by Gasteiger charge is 2.28. The molecule has 1 fully saturated rings. The minimum absolute atomic E-state index is 0.0632. The zero-order valence-corrected chi connectivity index (χ0v) is 14.4. The molecule has 4 nitrogen and oxygen atoms in total. The third-order valence-electron chi connectivity index (χ3n) is 3.20. The van der Waals surface area contributed by atoms with E-state index in [0.717, 1.165) is 6.42 Å². The zero-order valence-electron chi connectivity index (χ0n) is 10.4. The SMILES string of the molecule is O=S(=O)(NC1CCCC(O)C1)c1c(Cl)cc(Br)cc1Cl. The highest BCUT2D eigenvalue weighted by Crippen LogP contribution is 2.33. The smallest absolute Gasteiger partial charge is 0.243 e. The number of hydrogen-bond acceptors (Lipinski definition) is 3. The first-order chi connectivity index (χ1) is 9.29. The fourth-order valence-electron chi connectivity index (χ4n) is 2.34. The maximum absolute atomic E-state index is 12.4. The average molecular weight is 403 g/mol. The lowest BCUT2D eigenvalue weighted by Gasteiger charge is -2.26. The van der Waals surface area contributed by atoms with E-state index in [-0.39, 0.29) is 21.0 Å². The van der Waals surface area contributed by atoms with Gasteiger partial charge in [0.1, 0.15) is 4.90 Å². The van der Waals surface area contributed by atoms with Crippen LogP contribution in [0, 0.1) is 0 Å². The Morgan fingerprint density at radius 2 is 1.85 bits per heavy atom. The van der Waals surface area contributed by atoms with Crippen molar-refractivity contribution in [2.45, 2.75) is 42.7 Å². The summed E-state index contributed by atoms with van der Waals surface area (Å²) < 4.78 is 27.9. The standard InChI is InChI=1S/C12H14BrCl2NO3S/c13-7-4-10(14)12(11(15)5-7)20(18,19)16-8-2-1-3-9(17)6-8/h4-5,8-9,16-17H,1-3,6H2. The molecule has 112 valence electrons. The number of rotatable bonds is 3. The van der Waals surface area contributed by atoms with Crippen molar-refractivity contribution >= 4 is 49.2 Å². The highest BCUT2D eigenvalue weighted by molar-refractivity contribution is 9.10. The third-order valence-corrected chi connectivity index (χ3v) is 6.10. The minimum atomic E-state index is -3.81. The molecular weight excluding hydrogens is 389 g/mol. The lowest BCUT2D eigenvalue weighted by atomic mass is 9.94. The van der Waals surface area contributed by atoms with Gasteiger partial charge in [-0.2, -0.15) is 0 Å². The number of sulfonamides is 1. The quantitative estimate of drug-likeness (QED) is 0.814. The van der Waals surface area contributed by atoms with E-state index < -0.39 is 16.1 Å². The largest absolute Gasteiger partial charge is 0.393 e. The van der Waals surface area contributed by atoms with Crippen LogP contribution in [0.5, 0.6) is 0 Å². The van der Waals surface area contributed by atoms with Gasteiger partial charge in [0, 0.05) is 10.5 Å². The first kappa shape index (κ1) is 16.5. The average Bonchev–Trinajstić information content (AvgIpc) is 2.25. The normalized spacial score (nSPS) is 23.8. The molecule has 2 rings (SSSR count). The summed E-state index contributed by atoms with van der Waals surface area (Å²) in [5.74, 6) is 0. The molecule has 1 aromatic carbocycles. The van der Waals surface area contributed by atoms with E-state index in [2.05, 4.69) is 20.7 Å². The number of hydrogen-bond donors (Lipinski definition) is 2. The summed E-state index contributed by atoms with van der Waals surface area (Å²) >= 11 is 15.2. The molecule has 1 aromatic rings. The van der Waals surface area contributed by atoms with Gasteiger partial charge in [-0.25, -0.2) is 13.1 Å². The van der Waals surface area contributed by atoms with Crippen LogP contribution in [0.2, 0.25) is 10.0 Å². The zero-order chi connectivity index (χ0) is 14.9. The maximum atomic E-state index is 12.4. The second-order valence-electron chi connectivity index (χ2n) is 4.84. The van der Waals surface area contributed by atoms with E-state index in [4.69, 9.17) is 23.2 Å². The predicted octanol–water partition coefficient (Wildman–Crippen LogP) is 3.34. The Bertz CT molecular complexity index is 586. The van der Waals surface area contributed by atoms with E-state index in [1.165, 1.54) is 12.1 Å². The monoisotopic (exact) mass is 401 g/mol. The molecule has 2 N–H and O–H groups in total. The summed E-state index contributed by atoms with van der Waals surface area (Å²) in [6.45, 7) is 0. The van der Waals surface area contributed by atoms with Crippen LogP contribution in [0.25, 0.3) is 0 Å². The Kier molecular flexibility index (Phi) is 5.37. The van der Waals surface area contributed by atoms with Crippen molar-refractivity contribution in [1.82, 2.24) is 4.72 Å². The van der Waals surface area contributed by atoms with Gasteiger partial charge in [0.2, 0.25) is 10.0 Å². The van der Waals surface area contributed by atoms with Crippen LogP contribution >= 0.6 is 39.1 Å². The molecule has 1 aliphatic rings. The second-order valence-corrected chi connectivity index (χ2v) is 8.22. The lowest BCUT2D eigenvalue weighted by molar-refractivity contribution is 0.117. The van der Waals surface area contributed by atoms with Gasteiger partial charge in [-0.05, 0) is 37.8 Å². The molecule has 0 aliphatic heterocycles. The number of aliphatic hydroxyl groups excluding tert-OH is 1. The second kappa shape index (κ2) is 6.50. The molecule has 1 saturated carbocycles. The van der Waals surface area contributed by atoms with Crippen molar-refractivity contribution in [1.29, 1.82) is 0 Å². The molecule has 1 aliphatic carbocycles. The van der Waals surface area contributed by atoms with Gasteiger partial charge in [0.25, 0.3) is 0 Å². The third kappa shape index (κ3) is 3.87. The first-order valence-corrected chi connectivity index (χ1v) is 9.18. The lowest BCUT2D eigenvalue weighted by Crippen LogP contribution is -2.39. The van der Waals surface area contributed by atoms with Crippen molar-refractivity contribution in [3.63, 3.8) is 0 Å². The van der Waals surface area contributed by atoms with Gasteiger partial charge in [-0.1, -0.05) is 39.1 Å². The fraction of sp³-hybridized carbons (Fsp3) is 0.500. The van der Waals surface area contributed by atoms with Crippen LogP contribution in [-0.4, -0.2) is 25.7 Å². The summed E-state index contributed by atoms with van der Waals surface area (Å²) in [7, 11) is -3.81. The van der Waals surface area contributed by atoms with Crippen molar-refractivity contribution in [3.05, 3.63) is 26.7 Å². The molecular formula is C12H14BrCl2NO3S. The topological polar surface area (TPSA) is 66.4 Å².